The van der Waals surface area contributed by atoms with Gasteiger partial charge in [-0.2, -0.15) is 0 Å². The van der Waals surface area contributed by atoms with Gasteiger partial charge in [0, 0.05) is 39.3 Å². The standard InChI is InChI=1S/C23H31N5O4/c29-20-23(8-4-3-6-18-5-1-2-7-19(18)23)24-21(30)28(20)17-25-9-11-26(12-10-25)22(31)27-13-15-32-16-14-27/h1-2,5,7H,3-4,6,8-17H2,(H,24,30)/t23-/m1/s1. The van der Waals surface area contributed by atoms with Gasteiger partial charge in [-0.15, -0.1) is 0 Å². The van der Waals surface area contributed by atoms with Crippen LogP contribution in [-0.4, -0.2) is 96.7 Å². The number of benzene rings is 1. The maximum absolute atomic E-state index is 13.6. The van der Waals surface area contributed by atoms with Crippen molar-refractivity contribution in [3.05, 3.63) is 35.4 Å². The number of hydrogen-bond donors (Lipinski definition) is 1. The molecule has 1 spiro atoms. The maximum atomic E-state index is 13.6. The first-order chi connectivity index (χ1) is 15.6. The fraction of sp³-hybridized carbons (Fsp3) is 0.609. The number of urea groups is 2. The van der Waals surface area contributed by atoms with E-state index in [0.29, 0.717) is 58.9 Å². The molecule has 3 fully saturated rings. The highest BCUT2D eigenvalue weighted by molar-refractivity contribution is 6.07. The number of rotatable bonds is 2. The topological polar surface area (TPSA) is 85.4 Å². The molecule has 0 radical (unpaired) electrons. The van der Waals surface area contributed by atoms with Crippen molar-refractivity contribution in [1.82, 2.24) is 24.9 Å². The Morgan fingerprint density at radius 2 is 1.69 bits per heavy atom. The molecule has 32 heavy (non-hydrogen) atoms. The van der Waals surface area contributed by atoms with E-state index in [2.05, 4.69) is 16.3 Å². The van der Waals surface area contributed by atoms with E-state index in [1.165, 1.54) is 4.90 Å². The van der Waals surface area contributed by atoms with Gasteiger partial charge in [0.1, 0.15) is 5.54 Å². The number of morpholine rings is 1. The third kappa shape index (κ3) is 3.73. The van der Waals surface area contributed by atoms with Crippen molar-refractivity contribution in [2.75, 3.05) is 59.2 Å². The number of amides is 5. The summed E-state index contributed by atoms with van der Waals surface area (Å²) in [5.41, 5.74) is 1.15. The minimum Gasteiger partial charge on any atom is -0.378 e. The third-order valence-electron chi connectivity index (χ3n) is 7.17. The second kappa shape index (κ2) is 8.71. The molecule has 0 unspecified atom stereocenters. The first-order valence-electron chi connectivity index (χ1n) is 11.6. The number of carbonyl (C=O) groups is 3. The Labute approximate surface area is 188 Å². The largest absolute Gasteiger partial charge is 0.378 e. The smallest absolute Gasteiger partial charge is 0.326 e. The van der Waals surface area contributed by atoms with Crippen LogP contribution in [0.15, 0.2) is 24.3 Å². The molecule has 9 heteroatoms. The predicted octanol–water partition coefficient (Wildman–Crippen LogP) is 1.19. The molecule has 3 heterocycles. The minimum atomic E-state index is -0.946. The number of nitrogens with zero attached hydrogens (tertiary/aromatic N) is 4. The summed E-state index contributed by atoms with van der Waals surface area (Å²) >= 11 is 0. The van der Waals surface area contributed by atoms with E-state index in [1.807, 2.05) is 28.0 Å². The van der Waals surface area contributed by atoms with Crippen LogP contribution < -0.4 is 5.32 Å². The molecule has 1 N–H and O–H groups in total. The Bertz CT molecular complexity index is 894. The van der Waals surface area contributed by atoms with Crippen molar-refractivity contribution in [3.63, 3.8) is 0 Å². The summed E-state index contributed by atoms with van der Waals surface area (Å²) in [6.07, 6.45) is 3.48. The third-order valence-corrected chi connectivity index (χ3v) is 7.17. The van der Waals surface area contributed by atoms with Crippen LogP contribution >= 0.6 is 0 Å². The van der Waals surface area contributed by atoms with Crippen molar-refractivity contribution < 1.29 is 19.1 Å². The predicted molar refractivity (Wildman–Crippen MR) is 117 cm³/mol. The van der Waals surface area contributed by atoms with Gasteiger partial charge >= 0.3 is 12.1 Å². The van der Waals surface area contributed by atoms with Crippen LogP contribution in [0.2, 0.25) is 0 Å². The van der Waals surface area contributed by atoms with Crippen LogP contribution in [-0.2, 0) is 21.5 Å². The lowest BCUT2D eigenvalue weighted by Crippen LogP contribution is -2.56. The van der Waals surface area contributed by atoms with Crippen molar-refractivity contribution in [1.29, 1.82) is 0 Å². The normalized spacial score (nSPS) is 26.8. The molecular weight excluding hydrogens is 410 g/mol. The number of carbonyl (C=O) groups excluding carboxylic acids is 3. The van der Waals surface area contributed by atoms with E-state index in [1.54, 1.807) is 0 Å². The molecule has 1 aromatic carbocycles. The average molecular weight is 442 g/mol. The van der Waals surface area contributed by atoms with Gasteiger partial charge in [0.05, 0.1) is 19.9 Å². The quantitative estimate of drug-likeness (QED) is 0.697. The van der Waals surface area contributed by atoms with Crippen LogP contribution in [0.5, 0.6) is 0 Å². The molecule has 0 bridgehead atoms. The number of nitrogens with one attached hydrogen (secondary N) is 1. The lowest BCUT2D eigenvalue weighted by atomic mass is 9.84. The fourth-order valence-electron chi connectivity index (χ4n) is 5.34. The van der Waals surface area contributed by atoms with E-state index in [9.17, 15) is 14.4 Å². The Morgan fingerprint density at radius 3 is 2.47 bits per heavy atom. The zero-order valence-corrected chi connectivity index (χ0v) is 18.4. The zero-order valence-electron chi connectivity index (χ0n) is 18.4. The average Bonchev–Trinajstić information content (AvgIpc) is 2.97. The molecule has 0 aromatic heterocycles. The summed E-state index contributed by atoms with van der Waals surface area (Å²) in [5, 5.41) is 3.05. The summed E-state index contributed by atoms with van der Waals surface area (Å²) in [7, 11) is 0. The number of fused-ring (bicyclic) bond motifs is 2. The van der Waals surface area contributed by atoms with Crippen molar-refractivity contribution in [3.8, 4) is 0 Å². The molecule has 5 amide bonds. The lowest BCUT2D eigenvalue weighted by Gasteiger charge is -2.39. The zero-order chi connectivity index (χ0) is 22.1. The van der Waals surface area contributed by atoms with E-state index >= 15 is 0 Å². The SMILES string of the molecule is O=C(N1CCOCC1)N1CCN(CN2C(=O)N[C@@]3(CCCCc4ccccc43)C2=O)CC1. The maximum Gasteiger partial charge on any atom is 0.326 e. The molecule has 1 atom stereocenters. The second-order valence-corrected chi connectivity index (χ2v) is 9.06. The van der Waals surface area contributed by atoms with Crippen molar-refractivity contribution in [2.45, 2.75) is 31.2 Å². The van der Waals surface area contributed by atoms with Crippen LogP contribution in [0.1, 0.15) is 30.4 Å². The van der Waals surface area contributed by atoms with Gasteiger partial charge in [0.2, 0.25) is 0 Å². The first-order valence-corrected chi connectivity index (χ1v) is 11.6. The molecule has 3 aliphatic heterocycles. The van der Waals surface area contributed by atoms with Gasteiger partial charge in [-0.05, 0) is 36.8 Å². The number of piperazine rings is 1. The number of imide groups is 1. The Balaban J connectivity index is 1.24. The number of aryl methyl sites for hydroxylation is 1. The Kier molecular flexibility index (Phi) is 5.77. The Hall–Kier alpha value is -2.65. The van der Waals surface area contributed by atoms with Crippen molar-refractivity contribution >= 4 is 18.0 Å². The summed E-state index contributed by atoms with van der Waals surface area (Å²) in [6, 6.07) is 7.72. The monoisotopic (exact) mass is 441 g/mol. The summed E-state index contributed by atoms with van der Waals surface area (Å²) in [5.74, 6) is -0.149. The molecule has 4 aliphatic rings. The van der Waals surface area contributed by atoms with E-state index in [0.717, 1.165) is 30.4 Å². The number of ether oxygens (including phenoxy) is 1. The summed E-state index contributed by atoms with van der Waals surface area (Å²) < 4.78 is 5.33. The first kappa shape index (κ1) is 21.2. The van der Waals surface area contributed by atoms with Gasteiger partial charge in [0.25, 0.3) is 5.91 Å². The van der Waals surface area contributed by atoms with Gasteiger partial charge < -0.3 is 19.9 Å². The Morgan fingerprint density at radius 1 is 0.969 bits per heavy atom. The van der Waals surface area contributed by atoms with Crippen molar-refractivity contribution in [2.24, 2.45) is 0 Å². The lowest BCUT2D eigenvalue weighted by molar-refractivity contribution is -0.133. The fourth-order valence-corrected chi connectivity index (χ4v) is 5.34. The van der Waals surface area contributed by atoms with Gasteiger partial charge in [-0.3, -0.25) is 9.69 Å². The summed E-state index contributed by atoms with van der Waals surface area (Å²) in [6.45, 7) is 5.14. The van der Waals surface area contributed by atoms with Crippen LogP contribution in [0.3, 0.4) is 0 Å². The summed E-state index contributed by atoms with van der Waals surface area (Å²) in [4.78, 5) is 46.4. The highest BCUT2D eigenvalue weighted by atomic mass is 16.5. The van der Waals surface area contributed by atoms with E-state index in [-0.39, 0.29) is 24.6 Å². The molecular formula is C23H31N5O4. The highest BCUT2D eigenvalue weighted by Gasteiger charge is 2.53. The minimum absolute atomic E-state index is 0.0527. The van der Waals surface area contributed by atoms with Crippen LogP contribution in [0.4, 0.5) is 9.59 Å². The highest BCUT2D eigenvalue weighted by Crippen LogP contribution is 2.39. The second-order valence-electron chi connectivity index (χ2n) is 9.06. The van der Waals surface area contributed by atoms with Gasteiger partial charge in [0.15, 0.2) is 0 Å². The van der Waals surface area contributed by atoms with Gasteiger partial charge in [-0.1, -0.05) is 24.3 Å². The molecule has 5 rings (SSSR count). The molecule has 1 aliphatic carbocycles. The van der Waals surface area contributed by atoms with Gasteiger partial charge in [-0.25, -0.2) is 14.5 Å². The van der Waals surface area contributed by atoms with Crippen LogP contribution in [0, 0.1) is 0 Å². The van der Waals surface area contributed by atoms with E-state index < -0.39 is 5.54 Å². The molecule has 0 saturated carbocycles. The molecule has 9 nitrogen and oxygen atoms in total. The molecule has 172 valence electrons. The van der Waals surface area contributed by atoms with E-state index in [4.69, 9.17) is 4.74 Å². The molecule has 3 saturated heterocycles. The van der Waals surface area contributed by atoms with Crippen LogP contribution in [0.25, 0.3) is 0 Å². The number of hydrogen-bond acceptors (Lipinski definition) is 5. The molecule has 1 aromatic rings.